The minimum atomic E-state index is -0.357. The molecule has 2 N–H and O–H groups in total. The lowest BCUT2D eigenvalue weighted by Gasteiger charge is -2.08. The van der Waals surface area contributed by atoms with Gasteiger partial charge in [-0.05, 0) is 6.92 Å². The first kappa shape index (κ1) is 15.6. The number of nitrogens with one attached hydrogen (secondary N) is 1. The van der Waals surface area contributed by atoms with Gasteiger partial charge in [-0.2, -0.15) is 5.10 Å². The summed E-state index contributed by atoms with van der Waals surface area (Å²) in [6.07, 6.45) is 1.51. The fourth-order valence-corrected chi connectivity index (χ4v) is 1.57. The van der Waals surface area contributed by atoms with E-state index in [2.05, 4.69) is 10.4 Å². The van der Waals surface area contributed by atoms with E-state index < -0.39 is 0 Å². The first-order valence-electron chi connectivity index (χ1n) is 6.28. The van der Waals surface area contributed by atoms with Crippen molar-refractivity contribution < 1.29 is 19.4 Å². The van der Waals surface area contributed by atoms with Gasteiger partial charge in [0, 0.05) is 20.1 Å². The molecule has 7 heteroatoms. The number of hydrogen-bond donors (Lipinski definition) is 2. The summed E-state index contributed by atoms with van der Waals surface area (Å²) >= 11 is 0. The number of aryl methyl sites for hydroxylation is 1. The molecule has 0 radical (unpaired) electrons. The summed E-state index contributed by atoms with van der Waals surface area (Å²) in [5.41, 5.74) is 1.26. The second kappa shape index (κ2) is 8.63. The zero-order valence-electron chi connectivity index (χ0n) is 11.4. The van der Waals surface area contributed by atoms with Crippen molar-refractivity contribution in [2.45, 2.75) is 13.5 Å². The average molecular weight is 271 g/mol. The van der Waals surface area contributed by atoms with Gasteiger partial charge in [0.2, 0.25) is 0 Å². The highest BCUT2D eigenvalue weighted by molar-refractivity contribution is 5.90. The van der Waals surface area contributed by atoms with E-state index in [4.69, 9.17) is 14.6 Å². The number of carbonyl (C=O) groups excluding carboxylic acids is 1. The van der Waals surface area contributed by atoms with Crippen LogP contribution in [0.15, 0.2) is 6.20 Å². The summed E-state index contributed by atoms with van der Waals surface area (Å²) in [4.78, 5) is 11.7. The maximum Gasteiger partial charge on any atom is 0.341 e. The molecular formula is C12H21N3O4. The Bertz CT molecular complexity index is 392. The SMILES string of the molecule is CCOC(=O)c1cnn(C)c1CNCCOCCO. The van der Waals surface area contributed by atoms with Crippen molar-refractivity contribution in [2.24, 2.45) is 7.05 Å². The fraction of sp³-hybridized carbons (Fsp3) is 0.667. The number of nitrogens with zero attached hydrogens (tertiary/aromatic N) is 2. The largest absolute Gasteiger partial charge is 0.462 e. The number of ether oxygens (including phenoxy) is 2. The minimum Gasteiger partial charge on any atom is -0.462 e. The van der Waals surface area contributed by atoms with Gasteiger partial charge < -0.3 is 19.9 Å². The van der Waals surface area contributed by atoms with E-state index in [1.807, 2.05) is 0 Å². The Hall–Kier alpha value is -1.44. The van der Waals surface area contributed by atoms with E-state index in [1.54, 1.807) is 18.7 Å². The van der Waals surface area contributed by atoms with Crippen LogP contribution in [0.1, 0.15) is 23.0 Å². The van der Waals surface area contributed by atoms with Crippen molar-refractivity contribution in [1.82, 2.24) is 15.1 Å². The third-order valence-electron chi connectivity index (χ3n) is 2.51. The molecule has 0 aliphatic carbocycles. The van der Waals surface area contributed by atoms with Crippen LogP contribution in [0.5, 0.6) is 0 Å². The van der Waals surface area contributed by atoms with Crippen LogP contribution in [0.4, 0.5) is 0 Å². The Morgan fingerprint density at radius 1 is 1.53 bits per heavy atom. The molecule has 108 valence electrons. The molecular weight excluding hydrogens is 250 g/mol. The third kappa shape index (κ3) is 4.98. The van der Waals surface area contributed by atoms with Gasteiger partial charge in [0.05, 0.1) is 38.3 Å². The van der Waals surface area contributed by atoms with Gasteiger partial charge >= 0.3 is 5.97 Å². The molecule has 0 spiro atoms. The number of aliphatic hydroxyl groups excluding tert-OH is 1. The van der Waals surface area contributed by atoms with Crippen molar-refractivity contribution in [3.8, 4) is 0 Å². The van der Waals surface area contributed by atoms with E-state index in [9.17, 15) is 4.79 Å². The topological polar surface area (TPSA) is 85.6 Å². The monoisotopic (exact) mass is 271 g/mol. The highest BCUT2D eigenvalue weighted by Crippen LogP contribution is 2.08. The normalized spacial score (nSPS) is 10.7. The van der Waals surface area contributed by atoms with Crippen LogP contribution < -0.4 is 5.32 Å². The Morgan fingerprint density at radius 3 is 3.00 bits per heavy atom. The van der Waals surface area contributed by atoms with Gasteiger partial charge in [0.1, 0.15) is 5.56 Å². The van der Waals surface area contributed by atoms with E-state index in [0.717, 1.165) is 5.69 Å². The molecule has 1 heterocycles. The smallest absolute Gasteiger partial charge is 0.341 e. The van der Waals surface area contributed by atoms with E-state index in [-0.39, 0.29) is 12.6 Å². The van der Waals surface area contributed by atoms with Crippen LogP contribution in [0.25, 0.3) is 0 Å². The van der Waals surface area contributed by atoms with Gasteiger partial charge in [-0.15, -0.1) is 0 Å². The molecule has 0 saturated heterocycles. The predicted octanol–water partition coefficient (Wildman–Crippen LogP) is -0.305. The average Bonchev–Trinajstić information content (AvgIpc) is 2.76. The molecule has 0 saturated carbocycles. The Morgan fingerprint density at radius 2 is 2.32 bits per heavy atom. The highest BCUT2D eigenvalue weighted by atomic mass is 16.5. The summed E-state index contributed by atoms with van der Waals surface area (Å²) in [6.45, 7) is 4.12. The van der Waals surface area contributed by atoms with E-state index in [1.165, 1.54) is 6.20 Å². The maximum absolute atomic E-state index is 11.7. The molecule has 0 amide bonds. The fourth-order valence-electron chi connectivity index (χ4n) is 1.57. The molecule has 1 aromatic rings. The van der Waals surface area contributed by atoms with Gasteiger partial charge in [-0.3, -0.25) is 4.68 Å². The summed E-state index contributed by atoms with van der Waals surface area (Å²) < 4.78 is 11.7. The van der Waals surface area contributed by atoms with Gasteiger partial charge in [0.15, 0.2) is 0 Å². The zero-order valence-corrected chi connectivity index (χ0v) is 11.4. The van der Waals surface area contributed by atoms with Gasteiger partial charge in [0.25, 0.3) is 0 Å². The van der Waals surface area contributed by atoms with E-state index in [0.29, 0.717) is 38.5 Å². The molecule has 0 aromatic carbocycles. The van der Waals surface area contributed by atoms with Crippen LogP contribution in [-0.2, 0) is 23.1 Å². The Labute approximate surface area is 112 Å². The molecule has 0 fully saturated rings. The van der Waals surface area contributed by atoms with Crippen LogP contribution in [-0.4, -0.2) is 53.8 Å². The predicted molar refractivity (Wildman–Crippen MR) is 68.8 cm³/mol. The lowest BCUT2D eigenvalue weighted by molar-refractivity contribution is 0.0524. The van der Waals surface area contributed by atoms with Crippen LogP contribution >= 0.6 is 0 Å². The summed E-state index contributed by atoms with van der Waals surface area (Å²) in [5, 5.41) is 15.8. The van der Waals surface area contributed by atoms with Crippen molar-refractivity contribution in [3.05, 3.63) is 17.5 Å². The van der Waals surface area contributed by atoms with Crippen LogP contribution in [0.3, 0.4) is 0 Å². The number of hydrogen-bond acceptors (Lipinski definition) is 6. The first-order valence-corrected chi connectivity index (χ1v) is 6.28. The molecule has 1 aromatic heterocycles. The summed E-state index contributed by atoms with van der Waals surface area (Å²) in [5.74, 6) is -0.357. The second-order valence-electron chi connectivity index (χ2n) is 3.86. The second-order valence-corrected chi connectivity index (χ2v) is 3.86. The lowest BCUT2D eigenvalue weighted by Crippen LogP contribution is -2.23. The first-order chi connectivity index (χ1) is 9.20. The van der Waals surface area contributed by atoms with Crippen molar-refractivity contribution in [3.63, 3.8) is 0 Å². The molecule has 0 unspecified atom stereocenters. The Kier molecular flexibility index (Phi) is 7.09. The number of carbonyl (C=O) groups is 1. The number of aromatic nitrogens is 2. The lowest BCUT2D eigenvalue weighted by atomic mass is 10.2. The number of rotatable bonds is 9. The summed E-state index contributed by atoms with van der Waals surface area (Å²) in [6, 6.07) is 0. The van der Waals surface area contributed by atoms with Gasteiger partial charge in [-0.25, -0.2) is 4.79 Å². The number of esters is 1. The molecule has 0 aliphatic rings. The van der Waals surface area contributed by atoms with Crippen LogP contribution in [0.2, 0.25) is 0 Å². The van der Waals surface area contributed by atoms with E-state index >= 15 is 0 Å². The molecule has 0 atom stereocenters. The van der Waals surface area contributed by atoms with Crippen LogP contribution in [0, 0.1) is 0 Å². The summed E-state index contributed by atoms with van der Waals surface area (Å²) in [7, 11) is 1.78. The van der Waals surface area contributed by atoms with Gasteiger partial charge in [-0.1, -0.05) is 0 Å². The molecule has 0 aliphatic heterocycles. The highest BCUT2D eigenvalue weighted by Gasteiger charge is 2.16. The number of aliphatic hydroxyl groups is 1. The standard InChI is InChI=1S/C12H21N3O4/c1-3-19-12(17)10-8-14-15(2)11(10)9-13-4-6-18-7-5-16/h8,13,16H,3-7,9H2,1-2H3. The zero-order chi connectivity index (χ0) is 14.1. The molecule has 1 rings (SSSR count). The van der Waals surface area contributed by atoms with Crippen molar-refractivity contribution in [2.75, 3.05) is 33.0 Å². The maximum atomic E-state index is 11.7. The van der Waals surface area contributed by atoms with Crippen molar-refractivity contribution in [1.29, 1.82) is 0 Å². The minimum absolute atomic E-state index is 0.0226. The quantitative estimate of drug-likeness (QED) is 0.473. The molecule has 0 bridgehead atoms. The third-order valence-corrected chi connectivity index (χ3v) is 2.51. The molecule has 19 heavy (non-hydrogen) atoms. The Balaban J connectivity index is 2.44. The van der Waals surface area contributed by atoms with Crippen molar-refractivity contribution >= 4 is 5.97 Å². The molecule has 7 nitrogen and oxygen atoms in total.